The molecule has 1 aromatic heterocycles. The van der Waals surface area contributed by atoms with Gasteiger partial charge >= 0.3 is 11.9 Å². The van der Waals surface area contributed by atoms with Gasteiger partial charge in [0, 0.05) is 5.56 Å². The van der Waals surface area contributed by atoms with Crippen LogP contribution in [0.15, 0.2) is 24.3 Å². The molecule has 0 bridgehead atoms. The fourth-order valence-corrected chi connectivity index (χ4v) is 3.34. The van der Waals surface area contributed by atoms with Gasteiger partial charge in [-0.3, -0.25) is 4.79 Å². The summed E-state index contributed by atoms with van der Waals surface area (Å²) in [5.41, 5.74) is 1.86. The Morgan fingerprint density at radius 1 is 1.00 bits per heavy atom. The van der Waals surface area contributed by atoms with Crippen LogP contribution in [-0.2, 0) is 9.47 Å². The molecule has 24 heavy (non-hydrogen) atoms. The molecule has 0 aliphatic heterocycles. The first-order valence-corrected chi connectivity index (χ1v) is 7.89. The summed E-state index contributed by atoms with van der Waals surface area (Å²) in [5, 5.41) is 2.95. The molecule has 6 nitrogen and oxygen atoms in total. The second-order valence-corrected chi connectivity index (χ2v) is 6.03. The van der Waals surface area contributed by atoms with Crippen LogP contribution >= 0.6 is 11.3 Å². The molecule has 0 aliphatic carbocycles. The summed E-state index contributed by atoms with van der Waals surface area (Å²) in [4.78, 5) is 36.6. The zero-order chi connectivity index (χ0) is 17.9. The fraction of sp³-hybridized carbons (Fsp3) is 0.235. The number of anilines is 1. The van der Waals surface area contributed by atoms with Gasteiger partial charge in [0.2, 0.25) is 0 Å². The van der Waals surface area contributed by atoms with Crippen LogP contribution in [0.1, 0.15) is 41.5 Å². The van der Waals surface area contributed by atoms with Crippen molar-refractivity contribution < 1.29 is 23.9 Å². The average Bonchev–Trinajstić information content (AvgIpc) is 2.90. The maximum atomic E-state index is 12.5. The number of esters is 2. The first kappa shape index (κ1) is 17.7. The molecule has 2 aromatic rings. The van der Waals surface area contributed by atoms with Crippen LogP contribution in [-0.4, -0.2) is 32.1 Å². The maximum Gasteiger partial charge on any atom is 0.348 e. The number of carbonyl (C=O) groups excluding carboxylic acids is 3. The van der Waals surface area contributed by atoms with Crippen molar-refractivity contribution in [3.8, 4) is 0 Å². The highest BCUT2D eigenvalue weighted by Crippen LogP contribution is 2.34. The molecule has 0 saturated carbocycles. The molecule has 0 fully saturated rings. The number of aryl methyl sites for hydroxylation is 1. The number of benzene rings is 1. The third-order valence-electron chi connectivity index (χ3n) is 3.52. The molecule has 0 saturated heterocycles. The SMILES string of the molecule is COC(=O)c1sc(NC(=O)c2ccccc2C)c(C(=O)OC)c1C. The molecule has 7 heteroatoms. The van der Waals surface area contributed by atoms with Gasteiger partial charge in [-0.25, -0.2) is 9.59 Å². The summed E-state index contributed by atoms with van der Waals surface area (Å²) in [6, 6.07) is 7.08. The lowest BCUT2D eigenvalue weighted by Crippen LogP contribution is -2.15. The van der Waals surface area contributed by atoms with E-state index in [1.54, 1.807) is 19.1 Å². The summed E-state index contributed by atoms with van der Waals surface area (Å²) in [6.45, 7) is 3.42. The number of thiophene rings is 1. The molecular formula is C17H17NO5S. The van der Waals surface area contributed by atoms with Gasteiger partial charge in [0.25, 0.3) is 5.91 Å². The van der Waals surface area contributed by atoms with Gasteiger partial charge in [-0.05, 0) is 31.0 Å². The Kier molecular flexibility index (Phi) is 5.35. The molecule has 0 atom stereocenters. The van der Waals surface area contributed by atoms with Crippen molar-refractivity contribution in [3.63, 3.8) is 0 Å². The number of rotatable bonds is 4. The number of ether oxygens (including phenoxy) is 2. The molecule has 0 radical (unpaired) electrons. The molecule has 1 N–H and O–H groups in total. The van der Waals surface area contributed by atoms with E-state index in [0.717, 1.165) is 16.9 Å². The van der Waals surface area contributed by atoms with Crippen molar-refractivity contribution in [2.24, 2.45) is 0 Å². The van der Waals surface area contributed by atoms with Crippen molar-refractivity contribution >= 4 is 34.2 Å². The molecular weight excluding hydrogens is 330 g/mol. The van der Waals surface area contributed by atoms with E-state index in [2.05, 4.69) is 5.32 Å². The van der Waals surface area contributed by atoms with Crippen molar-refractivity contribution in [1.82, 2.24) is 0 Å². The third kappa shape index (κ3) is 3.30. The second kappa shape index (κ2) is 7.27. The molecule has 1 aromatic carbocycles. The van der Waals surface area contributed by atoms with Gasteiger partial charge in [-0.1, -0.05) is 18.2 Å². The van der Waals surface area contributed by atoms with E-state index in [1.165, 1.54) is 14.2 Å². The van der Waals surface area contributed by atoms with Gasteiger partial charge in [0.1, 0.15) is 9.88 Å². The van der Waals surface area contributed by atoms with Gasteiger partial charge in [0.15, 0.2) is 0 Å². The van der Waals surface area contributed by atoms with Crippen molar-refractivity contribution in [2.75, 3.05) is 19.5 Å². The van der Waals surface area contributed by atoms with Crippen molar-refractivity contribution in [2.45, 2.75) is 13.8 Å². The fourth-order valence-electron chi connectivity index (χ4n) is 2.23. The zero-order valence-corrected chi connectivity index (χ0v) is 14.6. The molecule has 126 valence electrons. The van der Waals surface area contributed by atoms with Crippen LogP contribution in [0.4, 0.5) is 5.00 Å². The lowest BCUT2D eigenvalue weighted by molar-refractivity contribution is 0.0601. The quantitative estimate of drug-likeness (QED) is 0.859. The number of carbonyl (C=O) groups is 3. The maximum absolute atomic E-state index is 12.5. The smallest absolute Gasteiger partial charge is 0.348 e. The molecule has 1 heterocycles. The predicted molar refractivity (Wildman–Crippen MR) is 90.9 cm³/mol. The van der Waals surface area contributed by atoms with Crippen LogP contribution in [0.3, 0.4) is 0 Å². The van der Waals surface area contributed by atoms with E-state index in [4.69, 9.17) is 9.47 Å². The zero-order valence-electron chi connectivity index (χ0n) is 13.8. The van der Waals surface area contributed by atoms with Gasteiger partial charge < -0.3 is 14.8 Å². The largest absolute Gasteiger partial charge is 0.465 e. The van der Waals surface area contributed by atoms with Crippen LogP contribution < -0.4 is 5.32 Å². The Morgan fingerprint density at radius 2 is 1.62 bits per heavy atom. The third-order valence-corrected chi connectivity index (χ3v) is 4.71. The summed E-state index contributed by atoms with van der Waals surface area (Å²) in [5.74, 6) is -1.56. The lowest BCUT2D eigenvalue weighted by atomic mass is 10.1. The minimum Gasteiger partial charge on any atom is -0.465 e. The van der Waals surface area contributed by atoms with Crippen LogP contribution in [0.5, 0.6) is 0 Å². The Hall–Kier alpha value is -2.67. The Balaban J connectivity index is 2.46. The predicted octanol–water partition coefficient (Wildman–Crippen LogP) is 3.19. The van der Waals surface area contributed by atoms with Crippen LogP contribution in [0.25, 0.3) is 0 Å². The number of hydrogen-bond acceptors (Lipinski definition) is 6. The highest BCUT2D eigenvalue weighted by Gasteiger charge is 2.27. The molecule has 2 rings (SSSR count). The first-order chi connectivity index (χ1) is 11.4. The van der Waals surface area contributed by atoms with Crippen molar-refractivity contribution in [3.05, 3.63) is 51.4 Å². The lowest BCUT2D eigenvalue weighted by Gasteiger charge is -2.08. The van der Waals surface area contributed by atoms with Crippen LogP contribution in [0, 0.1) is 13.8 Å². The van der Waals surface area contributed by atoms with E-state index in [9.17, 15) is 14.4 Å². The molecule has 0 aliphatic rings. The average molecular weight is 347 g/mol. The molecule has 0 spiro atoms. The summed E-state index contributed by atoms with van der Waals surface area (Å²) < 4.78 is 9.47. The number of hydrogen-bond donors (Lipinski definition) is 1. The van der Waals surface area contributed by atoms with Crippen LogP contribution in [0.2, 0.25) is 0 Å². The normalized spacial score (nSPS) is 10.2. The summed E-state index contributed by atoms with van der Waals surface area (Å²) in [7, 11) is 2.50. The Bertz CT molecular complexity index is 809. The van der Waals surface area contributed by atoms with Gasteiger partial charge in [-0.15, -0.1) is 11.3 Å². The van der Waals surface area contributed by atoms with Crippen molar-refractivity contribution in [1.29, 1.82) is 0 Å². The summed E-state index contributed by atoms with van der Waals surface area (Å²) >= 11 is 0.984. The second-order valence-electron chi connectivity index (χ2n) is 5.01. The number of amides is 1. The van der Waals surface area contributed by atoms with E-state index in [0.29, 0.717) is 11.1 Å². The van der Waals surface area contributed by atoms with Gasteiger partial charge in [-0.2, -0.15) is 0 Å². The first-order valence-electron chi connectivity index (χ1n) is 7.07. The van der Waals surface area contributed by atoms with Gasteiger partial charge in [0.05, 0.1) is 19.8 Å². The minimum atomic E-state index is -0.626. The monoisotopic (exact) mass is 347 g/mol. The van der Waals surface area contributed by atoms with E-state index in [-0.39, 0.29) is 21.3 Å². The summed E-state index contributed by atoms with van der Waals surface area (Å²) in [6.07, 6.45) is 0. The molecule has 1 amide bonds. The van der Waals surface area contributed by atoms with E-state index in [1.807, 2.05) is 19.1 Å². The Morgan fingerprint density at radius 3 is 2.21 bits per heavy atom. The Labute approximate surface area is 143 Å². The standard InChI is InChI=1S/C17H17NO5S/c1-9-7-5-6-8-11(9)14(19)18-15-12(16(20)22-3)10(2)13(24-15)17(21)23-4/h5-8H,1-4H3,(H,18,19). The topological polar surface area (TPSA) is 81.7 Å². The van der Waals surface area contributed by atoms with E-state index >= 15 is 0 Å². The number of nitrogens with one attached hydrogen (secondary N) is 1. The van der Waals surface area contributed by atoms with E-state index < -0.39 is 11.9 Å². The highest BCUT2D eigenvalue weighted by atomic mass is 32.1. The molecule has 0 unspecified atom stereocenters. The highest BCUT2D eigenvalue weighted by molar-refractivity contribution is 7.18. The number of methoxy groups -OCH3 is 2. The minimum absolute atomic E-state index is 0.157.